The first kappa shape index (κ1) is 13.6. The molecule has 0 aromatic heterocycles. The highest BCUT2D eigenvalue weighted by molar-refractivity contribution is 6.39. The number of hydrogen-bond acceptors (Lipinski definition) is 5. The van der Waals surface area contributed by atoms with E-state index in [9.17, 15) is 20.2 Å². The second-order valence-electron chi connectivity index (χ2n) is 2.65. The minimum Gasteiger partial charge on any atom is -0.258 e. The summed E-state index contributed by atoms with van der Waals surface area (Å²) in [6.07, 6.45) is 0. The summed E-state index contributed by atoms with van der Waals surface area (Å²) in [4.78, 5) is 20.0. The van der Waals surface area contributed by atoms with Crippen LogP contribution in [0.2, 0.25) is 10.0 Å². The first-order valence-corrected chi connectivity index (χ1v) is 4.92. The monoisotopic (exact) mass is 300 g/mol. The molecule has 1 aromatic rings. The van der Waals surface area contributed by atoms with E-state index < -0.39 is 9.96 Å². The first-order chi connectivity index (χ1) is 7.82. The number of nitrogens with one attached hydrogen (secondary N) is 1. The molecule has 8 nitrogen and oxygen atoms in total. The molecule has 11 heteroatoms. The van der Waals surface area contributed by atoms with Crippen molar-refractivity contribution in [3.63, 3.8) is 0 Å². The van der Waals surface area contributed by atoms with Crippen molar-refractivity contribution in [2.45, 2.75) is 0 Å². The fourth-order valence-electron chi connectivity index (χ4n) is 0.905. The van der Waals surface area contributed by atoms with Crippen LogP contribution in [0.3, 0.4) is 0 Å². The third kappa shape index (κ3) is 3.22. The molecule has 17 heavy (non-hydrogen) atoms. The minimum atomic E-state index is -0.977. The number of benzene rings is 1. The Hall–Kier alpha value is -1.51. The molecule has 0 aliphatic rings. The molecule has 0 saturated heterocycles. The third-order valence-electron chi connectivity index (χ3n) is 1.59. The lowest BCUT2D eigenvalue weighted by molar-refractivity contribution is -0.615. The molecule has 0 aliphatic carbocycles. The Bertz CT molecular complexity index is 459. The van der Waals surface area contributed by atoms with Gasteiger partial charge in [-0.3, -0.25) is 10.1 Å². The topological polar surface area (TPSA) is 102 Å². The van der Waals surface area contributed by atoms with Gasteiger partial charge in [0, 0.05) is 12.1 Å². The van der Waals surface area contributed by atoms with Crippen molar-refractivity contribution >= 4 is 46.4 Å². The van der Waals surface area contributed by atoms with E-state index in [4.69, 9.17) is 35.0 Å². The summed E-state index contributed by atoms with van der Waals surface area (Å²) in [7, 11) is 0. The van der Waals surface area contributed by atoms with E-state index in [1.807, 2.05) is 0 Å². The second kappa shape index (κ2) is 5.21. The molecule has 0 unspecified atom stereocenters. The van der Waals surface area contributed by atoms with Crippen LogP contribution in [0.4, 0.5) is 11.4 Å². The third-order valence-corrected chi connectivity index (χ3v) is 2.39. The molecule has 0 radical (unpaired) electrons. The van der Waals surface area contributed by atoms with Gasteiger partial charge in [-0.15, -0.1) is 0 Å². The van der Waals surface area contributed by atoms with Gasteiger partial charge in [-0.1, -0.05) is 23.2 Å². The Morgan fingerprint density at radius 3 is 2.00 bits per heavy atom. The largest absolute Gasteiger partial charge is 0.272 e. The van der Waals surface area contributed by atoms with Gasteiger partial charge in [0.15, 0.2) is 5.03 Å². The zero-order valence-electron chi connectivity index (χ0n) is 7.76. The van der Waals surface area contributed by atoms with E-state index in [2.05, 4.69) is 5.43 Å². The summed E-state index contributed by atoms with van der Waals surface area (Å²) in [5, 5.41) is 19.4. The van der Waals surface area contributed by atoms with Gasteiger partial charge >= 0.3 is 0 Å². The Balaban J connectivity index is 3.10. The van der Waals surface area contributed by atoms with E-state index in [1.165, 1.54) is 0 Å². The van der Waals surface area contributed by atoms with E-state index in [-0.39, 0.29) is 26.1 Å². The van der Waals surface area contributed by atoms with E-state index in [0.717, 1.165) is 12.1 Å². The summed E-state index contributed by atoms with van der Waals surface area (Å²) in [5.41, 5.74) is 1.61. The molecule has 1 rings (SSSR count). The smallest absolute Gasteiger partial charge is 0.258 e. The number of anilines is 1. The molecule has 1 aromatic carbocycles. The molecular formula is C6H3Cl3N4O4. The Labute approximate surface area is 109 Å². The molecule has 0 fully saturated rings. The maximum Gasteiger partial charge on any atom is 0.272 e. The lowest BCUT2D eigenvalue weighted by Crippen LogP contribution is -2.26. The fourth-order valence-corrected chi connectivity index (χ4v) is 1.55. The lowest BCUT2D eigenvalue weighted by atomic mass is 10.3. The molecule has 0 heterocycles. The molecule has 0 atom stereocenters. The van der Waals surface area contributed by atoms with Gasteiger partial charge in [-0.25, -0.2) is 15.5 Å². The summed E-state index contributed by atoms with van der Waals surface area (Å²) in [6.45, 7) is 0. The van der Waals surface area contributed by atoms with Gasteiger partial charge in [-0.05, 0) is 0 Å². The summed E-state index contributed by atoms with van der Waals surface area (Å²) in [5.74, 6) is 0. The van der Waals surface area contributed by atoms with Gasteiger partial charge < -0.3 is 0 Å². The number of hydrogen-bond donors (Lipinski definition) is 1. The van der Waals surface area contributed by atoms with E-state index in [0.29, 0.717) is 0 Å². The maximum atomic E-state index is 10.5. The Morgan fingerprint density at radius 1 is 1.18 bits per heavy atom. The van der Waals surface area contributed by atoms with Gasteiger partial charge in [0.25, 0.3) is 5.69 Å². The van der Waals surface area contributed by atoms with Crippen LogP contribution in [0, 0.1) is 20.2 Å². The Kier molecular flexibility index (Phi) is 4.16. The number of nitro groups is 2. The molecule has 0 bridgehead atoms. The predicted octanol–water partition coefficient (Wildman–Crippen LogP) is 2.88. The predicted molar refractivity (Wildman–Crippen MR) is 61.4 cm³/mol. The van der Waals surface area contributed by atoms with Crippen LogP contribution < -0.4 is 5.43 Å². The zero-order valence-corrected chi connectivity index (χ0v) is 10.0. The van der Waals surface area contributed by atoms with Crippen molar-refractivity contribution in [2.24, 2.45) is 0 Å². The average molecular weight is 301 g/mol. The molecule has 0 saturated carbocycles. The highest BCUT2D eigenvalue weighted by Crippen LogP contribution is 2.35. The highest BCUT2D eigenvalue weighted by atomic mass is 35.5. The first-order valence-electron chi connectivity index (χ1n) is 3.83. The SMILES string of the molecule is O=[N+]([O-])c1cc(Cl)c(NN(Cl)[N+](=O)[O-])c(Cl)c1. The summed E-state index contributed by atoms with van der Waals surface area (Å²) in [6, 6.07) is 1.97. The summed E-state index contributed by atoms with van der Waals surface area (Å²) < 4.78 is -0.00106. The van der Waals surface area contributed by atoms with Gasteiger partial charge in [0.05, 0.1) is 25.3 Å². The number of rotatable bonds is 4. The van der Waals surface area contributed by atoms with Crippen LogP contribution in [-0.2, 0) is 0 Å². The quantitative estimate of drug-likeness (QED) is 0.521. The number of halogens is 3. The van der Waals surface area contributed by atoms with Gasteiger partial charge in [-0.2, -0.15) is 0 Å². The van der Waals surface area contributed by atoms with E-state index in [1.54, 1.807) is 0 Å². The van der Waals surface area contributed by atoms with Crippen LogP contribution >= 0.6 is 35.0 Å². The van der Waals surface area contributed by atoms with Crippen LogP contribution in [0.25, 0.3) is 0 Å². The molecular weight excluding hydrogens is 298 g/mol. The minimum absolute atomic E-state index is 0.00106. The second-order valence-corrected chi connectivity index (χ2v) is 3.79. The van der Waals surface area contributed by atoms with E-state index >= 15 is 0 Å². The van der Waals surface area contributed by atoms with Crippen LogP contribution in [0.5, 0.6) is 0 Å². The Morgan fingerprint density at radius 2 is 1.65 bits per heavy atom. The van der Waals surface area contributed by atoms with Crippen molar-refractivity contribution < 1.29 is 9.96 Å². The summed E-state index contributed by atoms with van der Waals surface area (Å²) >= 11 is 16.5. The molecule has 92 valence electrons. The maximum absolute atomic E-state index is 10.5. The normalized spacial score (nSPS) is 9.82. The van der Waals surface area contributed by atoms with Gasteiger partial charge in [0.1, 0.15) is 11.8 Å². The fraction of sp³-hybridized carbons (Fsp3) is 0. The molecule has 0 spiro atoms. The van der Waals surface area contributed by atoms with Crippen molar-refractivity contribution in [2.75, 3.05) is 5.43 Å². The average Bonchev–Trinajstić information content (AvgIpc) is 2.22. The number of nitro benzene ring substituents is 1. The van der Waals surface area contributed by atoms with Crippen LogP contribution in [0.1, 0.15) is 0 Å². The molecule has 0 aliphatic heterocycles. The molecule has 0 amide bonds. The van der Waals surface area contributed by atoms with Crippen LogP contribution in [-0.4, -0.2) is 14.6 Å². The van der Waals surface area contributed by atoms with Gasteiger partial charge in [0.2, 0.25) is 0 Å². The number of nitrogens with zero attached hydrogens (tertiary/aromatic N) is 3. The standard InChI is InChI=1S/C6H3Cl3N4O4/c7-4-1-3(11(14)15)2-5(8)6(4)10-12(9)13(16)17/h1-2,10H. The number of hydrazine groups is 2. The zero-order chi connectivity index (χ0) is 13.2. The van der Waals surface area contributed by atoms with Crippen molar-refractivity contribution in [1.82, 2.24) is 4.64 Å². The van der Waals surface area contributed by atoms with Crippen LogP contribution in [0.15, 0.2) is 12.1 Å². The lowest BCUT2D eigenvalue weighted by Gasteiger charge is -2.10. The highest BCUT2D eigenvalue weighted by Gasteiger charge is 2.19. The number of non-ortho nitro benzene ring substituents is 1. The molecule has 1 N–H and O–H groups in total. The van der Waals surface area contributed by atoms with Crippen molar-refractivity contribution in [3.8, 4) is 0 Å². The van der Waals surface area contributed by atoms with Crippen molar-refractivity contribution in [3.05, 3.63) is 42.4 Å². The van der Waals surface area contributed by atoms with Crippen molar-refractivity contribution in [1.29, 1.82) is 0 Å².